The third kappa shape index (κ3) is 4.03. The van der Waals surface area contributed by atoms with E-state index in [4.69, 9.17) is 21.1 Å². The Kier molecular flexibility index (Phi) is 5.36. The van der Waals surface area contributed by atoms with E-state index in [-0.39, 0.29) is 42.6 Å². The van der Waals surface area contributed by atoms with Crippen molar-refractivity contribution >= 4 is 29.1 Å². The lowest BCUT2D eigenvalue weighted by Gasteiger charge is -2.32. The molecule has 0 aromatic heterocycles. The first kappa shape index (κ1) is 20.2. The second-order valence-corrected chi connectivity index (χ2v) is 8.48. The van der Waals surface area contributed by atoms with Crippen molar-refractivity contribution in [2.45, 2.75) is 63.4 Å². The quantitative estimate of drug-likeness (QED) is 0.438. The summed E-state index contributed by atoms with van der Waals surface area (Å²) in [5.74, 6) is -3.23. The molecule has 3 rings (SSSR count). The van der Waals surface area contributed by atoms with Crippen molar-refractivity contribution in [2.24, 2.45) is 11.8 Å². The first-order chi connectivity index (χ1) is 12.6. The highest BCUT2D eigenvalue weighted by molar-refractivity contribution is 6.19. The largest absolute Gasteiger partial charge is 0.426 e. The van der Waals surface area contributed by atoms with E-state index in [1.165, 1.54) is 6.92 Å². The van der Waals surface area contributed by atoms with Crippen LogP contribution in [0.1, 0.15) is 46.0 Å². The van der Waals surface area contributed by atoms with E-state index in [2.05, 4.69) is 6.58 Å². The van der Waals surface area contributed by atoms with E-state index in [1.807, 2.05) is 0 Å². The summed E-state index contributed by atoms with van der Waals surface area (Å²) in [7, 11) is 0. The maximum absolute atomic E-state index is 12.9. The number of halogens is 1. The lowest BCUT2D eigenvalue weighted by Crippen LogP contribution is -2.43. The van der Waals surface area contributed by atoms with Crippen LogP contribution >= 0.6 is 11.6 Å². The molecule has 0 aliphatic carbocycles. The summed E-state index contributed by atoms with van der Waals surface area (Å²) < 4.78 is 11.4. The molecule has 1 spiro atoms. The zero-order chi connectivity index (χ0) is 20.0. The van der Waals surface area contributed by atoms with Crippen LogP contribution in [-0.4, -0.2) is 46.0 Å². The smallest absolute Gasteiger partial charge is 0.336 e. The Morgan fingerprint density at radius 1 is 1.37 bits per heavy atom. The number of ether oxygens (including phenoxy) is 2. The predicted octanol–water partition coefficient (Wildman–Crippen LogP) is 2.47. The van der Waals surface area contributed by atoms with Gasteiger partial charge in [-0.2, -0.15) is 0 Å². The van der Waals surface area contributed by atoms with Gasteiger partial charge in [-0.25, -0.2) is 4.79 Å². The SMILES string of the molecule is C=C(CCl)[C@@H]1CCC2=C[C@]3(C[C@](C)(O)CC(=O)[C@@H](O3)[C@@H](C)C(=O)C1)OC2=O. The average Bonchev–Trinajstić information content (AvgIpc) is 2.81. The van der Waals surface area contributed by atoms with Crippen LogP contribution < -0.4 is 0 Å². The van der Waals surface area contributed by atoms with Gasteiger partial charge in [0.2, 0.25) is 5.79 Å². The minimum atomic E-state index is -1.52. The van der Waals surface area contributed by atoms with Crippen molar-refractivity contribution in [3.05, 3.63) is 23.8 Å². The van der Waals surface area contributed by atoms with Crippen LogP contribution in [0.25, 0.3) is 0 Å². The van der Waals surface area contributed by atoms with Gasteiger partial charge in [-0.05, 0) is 31.8 Å². The molecule has 3 bridgehead atoms. The fourth-order valence-corrected chi connectivity index (χ4v) is 4.37. The van der Waals surface area contributed by atoms with Crippen LogP contribution in [0.2, 0.25) is 0 Å². The molecule has 0 amide bonds. The van der Waals surface area contributed by atoms with Crippen LogP contribution in [0.5, 0.6) is 0 Å². The number of allylic oxidation sites excluding steroid dienone is 1. The second-order valence-electron chi connectivity index (χ2n) is 8.21. The van der Waals surface area contributed by atoms with Crippen LogP contribution in [-0.2, 0) is 23.9 Å². The molecule has 0 radical (unpaired) electrons. The molecule has 0 saturated carbocycles. The number of hydrogen-bond donors (Lipinski definition) is 1. The van der Waals surface area contributed by atoms with Gasteiger partial charge in [0.1, 0.15) is 11.9 Å². The number of rotatable bonds is 2. The Balaban J connectivity index is 2.05. The van der Waals surface area contributed by atoms with Gasteiger partial charge in [-0.3, -0.25) is 9.59 Å². The predicted molar refractivity (Wildman–Crippen MR) is 98.0 cm³/mol. The van der Waals surface area contributed by atoms with Crippen molar-refractivity contribution in [1.82, 2.24) is 0 Å². The number of esters is 1. The second kappa shape index (κ2) is 7.15. The number of carbonyl (C=O) groups excluding carboxylic acids is 3. The topological polar surface area (TPSA) is 89.9 Å². The fraction of sp³-hybridized carbons (Fsp3) is 0.650. The van der Waals surface area contributed by atoms with E-state index in [1.54, 1.807) is 13.0 Å². The lowest BCUT2D eigenvalue weighted by molar-refractivity contribution is -0.227. The minimum Gasteiger partial charge on any atom is -0.426 e. The summed E-state index contributed by atoms with van der Waals surface area (Å²) in [5, 5.41) is 10.6. The van der Waals surface area contributed by atoms with Crippen LogP contribution in [0.3, 0.4) is 0 Å². The monoisotopic (exact) mass is 396 g/mol. The van der Waals surface area contributed by atoms with Gasteiger partial charge >= 0.3 is 5.97 Å². The van der Waals surface area contributed by atoms with Crippen molar-refractivity contribution in [2.75, 3.05) is 5.88 Å². The first-order valence-corrected chi connectivity index (χ1v) is 9.73. The maximum atomic E-state index is 12.9. The average molecular weight is 397 g/mol. The molecule has 148 valence electrons. The Bertz CT molecular complexity index is 724. The van der Waals surface area contributed by atoms with Gasteiger partial charge < -0.3 is 14.6 Å². The van der Waals surface area contributed by atoms with Crippen molar-refractivity contribution in [3.8, 4) is 0 Å². The first-order valence-electron chi connectivity index (χ1n) is 9.20. The summed E-state index contributed by atoms with van der Waals surface area (Å²) >= 11 is 5.92. The lowest BCUT2D eigenvalue weighted by atomic mass is 9.83. The third-order valence-corrected chi connectivity index (χ3v) is 6.01. The Morgan fingerprint density at radius 3 is 2.74 bits per heavy atom. The highest BCUT2D eigenvalue weighted by Gasteiger charge is 2.53. The van der Waals surface area contributed by atoms with Crippen molar-refractivity contribution in [1.29, 1.82) is 0 Å². The van der Waals surface area contributed by atoms with Gasteiger partial charge in [0, 0.05) is 36.6 Å². The van der Waals surface area contributed by atoms with Gasteiger partial charge in [0.15, 0.2) is 5.78 Å². The van der Waals surface area contributed by atoms with Crippen LogP contribution in [0.4, 0.5) is 0 Å². The molecule has 3 heterocycles. The summed E-state index contributed by atoms with van der Waals surface area (Å²) in [5.41, 5.74) is -0.248. The molecule has 1 saturated heterocycles. The molecule has 1 fully saturated rings. The Hall–Kier alpha value is -1.50. The number of aliphatic hydroxyl groups is 1. The normalized spacial score (nSPS) is 39.9. The van der Waals surface area contributed by atoms with Gasteiger partial charge in [0.05, 0.1) is 5.60 Å². The van der Waals surface area contributed by atoms with E-state index < -0.39 is 29.4 Å². The number of fused-ring (bicyclic) bond motifs is 1. The standard InChI is InChI=1S/C20H25ClO6/c1-11(9-21)13-4-5-14-7-20(27-18(14)24)10-19(3,25)8-16(23)17(26-20)12(2)15(22)6-13/h7,12-13,17,25H,1,4-6,8-10H2,2-3H3/t12-,13+,17-,19+,20+/m0/s1. The van der Waals surface area contributed by atoms with Crippen LogP contribution in [0, 0.1) is 11.8 Å². The number of carbonyl (C=O) groups is 3. The molecule has 3 aliphatic rings. The Labute approximate surface area is 163 Å². The van der Waals surface area contributed by atoms with Gasteiger partial charge in [-0.15, -0.1) is 11.6 Å². The number of Topliss-reactive ketones (excluding diaryl/α,β-unsaturated/α-hetero) is 2. The Morgan fingerprint density at radius 2 is 2.07 bits per heavy atom. The van der Waals surface area contributed by atoms with Gasteiger partial charge in [-0.1, -0.05) is 19.1 Å². The van der Waals surface area contributed by atoms with E-state index in [9.17, 15) is 19.5 Å². The molecule has 1 N–H and O–H groups in total. The highest BCUT2D eigenvalue weighted by atomic mass is 35.5. The summed E-state index contributed by atoms with van der Waals surface area (Å²) in [6.07, 6.45) is 1.34. The molecular weight excluding hydrogens is 372 g/mol. The summed E-state index contributed by atoms with van der Waals surface area (Å²) in [6.45, 7) is 7.10. The number of ketones is 2. The maximum Gasteiger partial charge on any atom is 0.336 e. The molecule has 0 aromatic carbocycles. The molecule has 3 aliphatic heterocycles. The molecule has 7 heteroatoms. The fourth-order valence-electron chi connectivity index (χ4n) is 4.16. The molecule has 0 aromatic rings. The number of hydrogen-bond acceptors (Lipinski definition) is 6. The van der Waals surface area contributed by atoms with E-state index in [0.29, 0.717) is 18.4 Å². The molecule has 27 heavy (non-hydrogen) atoms. The van der Waals surface area contributed by atoms with Crippen molar-refractivity contribution in [3.63, 3.8) is 0 Å². The van der Waals surface area contributed by atoms with Gasteiger partial charge in [0.25, 0.3) is 0 Å². The molecule has 6 nitrogen and oxygen atoms in total. The zero-order valence-electron chi connectivity index (χ0n) is 15.6. The molecule has 0 unspecified atom stereocenters. The highest BCUT2D eigenvalue weighted by Crippen LogP contribution is 2.42. The van der Waals surface area contributed by atoms with E-state index in [0.717, 1.165) is 5.57 Å². The van der Waals surface area contributed by atoms with E-state index >= 15 is 0 Å². The van der Waals surface area contributed by atoms with Crippen molar-refractivity contribution < 1.29 is 29.0 Å². The third-order valence-electron chi connectivity index (χ3n) is 5.67. The summed E-state index contributed by atoms with van der Waals surface area (Å²) in [4.78, 5) is 38.0. The summed E-state index contributed by atoms with van der Waals surface area (Å²) in [6, 6.07) is 0. The molecular formula is C20H25ClO6. The minimum absolute atomic E-state index is 0.0593. The number of alkyl halides is 1. The zero-order valence-corrected chi connectivity index (χ0v) is 16.4. The van der Waals surface area contributed by atoms with Crippen LogP contribution in [0.15, 0.2) is 23.8 Å². The molecule has 5 atom stereocenters.